The van der Waals surface area contributed by atoms with Crippen molar-refractivity contribution in [2.24, 2.45) is 5.92 Å². The van der Waals surface area contributed by atoms with Crippen molar-refractivity contribution >= 4 is 58.9 Å². The van der Waals surface area contributed by atoms with Gasteiger partial charge in [-0.05, 0) is 118 Å². The van der Waals surface area contributed by atoms with E-state index >= 15 is 0 Å². The molecule has 2 aromatic carbocycles. The van der Waals surface area contributed by atoms with Crippen molar-refractivity contribution in [3.05, 3.63) is 140 Å². The molecule has 24 heteroatoms. The van der Waals surface area contributed by atoms with E-state index in [1.165, 1.54) is 4.90 Å². The zero-order chi connectivity index (χ0) is 59.4. The van der Waals surface area contributed by atoms with Crippen molar-refractivity contribution in [2.75, 3.05) is 30.3 Å². The van der Waals surface area contributed by atoms with E-state index in [1.807, 2.05) is 55.5 Å². The molecule has 1 fully saturated rings. The van der Waals surface area contributed by atoms with Gasteiger partial charge in [0.15, 0.2) is 0 Å². The van der Waals surface area contributed by atoms with Crippen molar-refractivity contribution in [2.45, 2.75) is 129 Å². The summed E-state index contributed by atoms with van der Waals surface area (Å²) >= 11 is 0. The molecule has 8 N–H and O–H groups in total. The molecule has 4 aromatic rings. The number of rotatable bonds is 29. The predicted molar refractivity (Wildman–Crippen MR) is 289 cm³/mol. The molecule has 23 nitrogen and oxygen atoms in total. The molecule has 3 heterocycles. The van der Waals surface area contributed by atoms with Gasteiger partial charge < -0.3 is 47.0 Å². The van der Waals surface area contributed by atoms with Gasteiger partial charge in [-0.15, -0.1) is 0 Å². The minimum atomic E-state index is -1.67. The summed E-state index contributed by atoms with van der Waals surface area (Å²) in [5.41, 5.74) is 4.47. The Bertz CT molecular complexity index is 2600. The number of aryl methyl sites for hydroxylation is 1. The molecule has 0 bridgehead atoms. The average molecular weight is 1200 g/mol. The van der Waals surface area contributed by atoms with Gasteiger partial charge in [-0.3, -0.25) is 43.6 Å². The van der Waals surface area contributed by atoms with Gasteiger partial charge in [0.25, 0.3) is 0 Å². The second-order valence-electron chi connectivity index (χ2n) is 18.8. The van der Waals surface area contributed by atoms with E-state index in [-0.39, 0.29) is 51.8 Å². The van der Waals surface area contributed by atoms with Gasteiger partial charge in [-0.1, -0.05) is 62.7 Å². The fraction of sp³-hybridized carbons (Fsp3) is 0.421. The number of carbonyl (C=O) groups is 8. The van der Waals surface area contributed by atoms with E-state index in [1.54, 1.807) is 62.6 Å². The van der Waals surface area contributed by atoms with Gasteiger partial charge in [0, 0.05) is 76.5 Å². The van der Waals surface area contributed by atoms with E-state index in [4.69, 9.17) is 14.0 Å². The summed E-state index contributed by atoms with van der Waals surface area (Å²) in [6.07, 6.45) is 6.75. The molecule has 1 radical (unpaired) electrons. The Morgan fingerprint density at radius 2 is 1.31 bits per heavy atom. The van der Waals surface area contributed by atoms with Crippen LogP contribution in [0, 0.1) is 32.8 Å². The number of likely N-dealkylation sites (tertiary alicyclic amines) is 1. The van der Waals surface area contributed by atoms with Crippen molar-refractivity contribution in [1.29, 1.82) is 0 Å². The van der Waals surface area contributed by atoms with Crippen LogP contribution < -0.4 is 31.9 Å². The average Bonchev–Trinajstić information content (AvgIpc) is 3.96. The number of urea groups is 1. The third kappa shape index (κ3) is 26.8. The van der Waals surface area contributed by atoms with Crippen molar-refractivity contribution < 1.29 is 82.6 Å². The Kier molecular flexibility index (Phi) is 35.4. The van der Waals surface area contributed by atoms with Crippen molar-refractivity contribution in [3.8, 4) is 0 Å². The summed E-state index contributed by atoms with van der Waals surface area (Å²) in [7, 11) is 0. The number of benzene rings is 2. The number of carbonyl (C=O) groups excluding carboxylic acids is 6. The van der Waals surface area contributed by atoms with E-state index < -0.39 is 78.1 Å². The molecule has 4 atom stereocenters. The van der Waals surface area contributed by atoms with Crippen LogP contribution in [0.15, 0.2) is 97.3 Å². The molecule has 0 unspecified atom stereocenters. The van der Waals surface area contributed by atoms with Crippen LogP contribution in [0.3, 0.4) is 0 Å². The number of hydrogen-bond donors (Lipinski definition) is 8. The third-order valence-electron chi connectivity index (χ3n) is 12.5. The summed E-state index contributed by atoms with van der Waals surface area (Å²) < 4.78 is 22.5. The van der Waals surface area contributed by atoms with Crippen LogP contribution in [0.4, 0.5) is 16.2 Å². The maximum absolute atomic E-state index is 14.0. The number of hydrogen-bond acceptors (Lipinski definition) is 11. The largest absolute Gasteiger partial charge is 0 e. The standard InChI is InChI=1S/C54H70N10O10.3CO.Tc/c1-36(2)49(52(71)64-31-15-21-45(64)53(72)73)62-51(70)44(33-48(67)68)60-50(69)43(59-47(66)32-38-23-25-39(26-24-38)58-54(74)61-42-19-7-6-16-37(42)3)20-10-13-29-57-46(65)22-5-4-14-30-63(34-40-17-8-11-27-55-40)35-41-18-9-12-28-56-41;3*1-2;/h6-9,11-12,16-19,23-28,36,43-45,49H,4-5,10,13-15,20-22,29-35H2,1-3H3,(H,57,65)(H,59,66)(H,60,69)(H,62,70)(H,67,68)(H,72,73)(H2,58,61,74);;;;/t43-,44-,45-,49-;;;;/m0..../s1. The summed E-state index contributed by atoms with van der Waals surface area (Å²) in [5, 5.41) is 35.7. The minimum absolute atomic E-state index is 0. The first kappa shape index (κ1) is 71.1. The van der Waals surface area contributed by atoms with Crippen LogP contribution in [0.2, 0.25) is 0 Å². The summed E-state index contributed by atoms with van der Waals surface area (Å²) in [5.74, 6) is -6.27. The third-order valence-corrected chi connectivity index (χ3v) is 12.5. The number of aromatic nitrogens is 2. The first-order valence-electron chi connectivity index (χ1n) is 25.8. The molecule has 7 amide bonds. The Morgan fingerprint density at radius 1 is 0.704 bits per heavy atom. The molecule has 0 spiro atoms. The van der Waals surface area contributed by atoms with Gasteiger partial charge in [0.2, 0.25) is 29.5 Å². The Hall–Kier alpha value is -7.87. The number of carboxylic acids is 2. The Morgan fingerprint density at radius 3 is 1.88 bits per heavy atom. The second kappa shape index (κ2) is 40.3. The number of aliphatic carboxylic acids is 2. The van der Waals surface area contributed by atoms with Crippen LogP contribution in [0.25, 0.3) is 0 Å². The number of carboxylic acid groups (broad SMARTS) is 2. The zero-order valence-electron chi connectivity index (χ0n) is 45.5. The van der Waals surface area contributed by atoms with Crippen molar-refractivity contribution in [1.82, 2.24) is 41.0 Å². The van der Waals surface area contributed by atoms with Gasteiger partial charge in [-0.2, -0.15) is 0 Å². The van der Waals surface area contributed by atoms with E-state index in [0.29, 0.717) is 68.7 Å². The summed E-state index contributed by atoms with van der Waals surface area (Å²) in [6.45, 7) is 21.3. The van der Waals surface area contributed by atoms with Gasteiger partial charge in [-0.25, -0.2) is 9.59 Å². The number of anilines is 2. The molecule has 1 saturated heterocycles. The number of pyridine rings is 2. The zero-order valence-corrected chi connectivity index (χ0v) is 47.3. The number of amides is 7. The topological polar surface area (TPSA) is 341 Å². The maximum atomic E-state index is 14.0. The van der Waals surface area contributed by atoms with E-state index in [9.17, 15) is 48.6 Å². The van der Waals surface area contributed by atoms with Gasteiger partial charge in [0.1, 0.15) is 24.2 Å². The summed E-state index contributed by atoms with van der Waals surface area (Å²) in [6, 6.07) is 19.9. The fourth-order valence-corrected chi connectivity index (χ4v) is 8.54. The molecular formula is C57H70N10O13Tc. The molecule has 5 rings (SSSR count). The minimum Gasteiger partial charge on any atom is 0 e. The van der Waals surface area contributed by atoms with Crippen LogP contribution in [0.5, 0.6) is 0 Å². The molecule has 0 saturated carbocycles. The number of nitrogens with one attached hydrogen (secondary N) is 6. The second-order valence-corrected chi connectivity index (χ2v) is 18.8. The molecular weight excluding hydrogens is 1130 g/mol. The molecule has 433 valence electrons. The van der Waals surface area contributed by atoms with Gasteiger partial charge >= 0.3 is 51.9 Å². The SMILES string of the molecule is Cc1ccccc1NC(=O)Nc1ccc(CC(=O)N[C@@H](CCCCNC(=O)CCCCCN(Cc2ccccn2)Cc2ccccn2)C(=O)N[C@@H](CC(=O)O)C(=O)N[C@H](C(=O)N2CCC[C@H]2C(=O)O)C(C)C)cc1.[C-]#[O+].[C-]#[O+].[C-]#[O+].[Tc]. The first-order chi connectivity index (χ1) is 38.6. The number of unbranched alkanes of at least 4 members (excludes halogenated alkanes) is 3. The Balaban J connectivity index is 0.00000453. The van der Waals surface area contributed by atoms with Crippen LogP contribution in [0.1, 0.15) is 101 Å². The van der Waals surface area contributed by atoms with Crippen LogP contribution >= 0.6 is 0 Å². The summed E-state index contributed by atoms with van der Waals surface area (Å²) in [4.78, 5) is 117. The monoisotopic (exact) mass is 1200 g/mol. The van der Waals surface area contributed by atoms with Crippen LogP contribution in [-0.2, 0) is 87.1 Å². The number of para-hydroxylation sites is 1. The van der Waals surface area contributed by atoms with E-state index in [0.717, 1.165) is 36.3 Å². The first-order valence-corrected chi connectivity index (χ1v) is 25.8. The van der Waals surface area contributed by atoms with E-state index in [2.05, 4.69) is 66.7 Å². The normalized spacial score (nSPS) is 13.2. The molecule has 1 aliphatic rings. The molecule has 2 aromatic heterocycles. The quantitative estimate of drug-likeness (QED) is 0.0200. The smallest absolute Gasteiger partial charge is 0 e. The van der Waals surface area contributed by atoms with Crippen molar-refractivity contribution in [3.63, 3.8) is 0 Å². The number of nitrogens with zero attached hydrogens (tertiary/aromatic N) is 4. The predicted octanol–water partition coefficient (Wildman–Crippen LogP) is 5.07. The molecule has 1 aliphatic heterocycles. The Labute approximate surface area is 485 Å². The van der Waals surface area contributed by atoms with Crippen LogP contribution in [-0.4, -0.2) is 121 Å². The fourth-order valence-electron chi connectivity index (χ4n) is 8.54. The molecule has 81 heavy (non-hydrogen) atoms. The van der Waals surface area contributed by atoms with Gasteiger partial charge in [0.05, 0.1) is 24.2 Å². The maximum Gasteiger partial charge on any atom is 0 e. The molecule has 0 aliphatic carbocycles.